The summed E-state index contributed by atoms with van der Waals surface area (Å²) < 4.78 is 5.34. The second-order valence-electron chi connectivity index (χ2n) is 8.69. The van der Waals surface area contributed by atoms with E-state index in [4.69, 9.17) is 9.73 Å². The number of para-hydroxylation sites is 1. The molecule has 0 radical (unpaired) electrons. The molecule has 2 N–H and O–H groups in total. The third-order valence-electron chi connectivity index (χ3n) is 6.69. The second-order valence-corrected chi connectivity index (χ2v) is 8.69. The SMILES string of the molecule is COc1cccc([C@@H]2CC(c3ccc(C)c(C)c3)=NC3(CCN(C(C)=O)CC3)N2)c1O. The van der Waals surface area contributed by atoms with E-state index in [-0.39, 0.29) is 17.7 Å². The molecule has 2 aromatic rings. The highest BCUT2D eigenvalue weighted by molar-refractivity contribution is 6.02. The summed E-state index contributed by atoms with van der Waals surface area (Å²) in [6.07, 6.45) is 2.14. The molecular formula is C25H31N3O3. The molecule has 2 aliphatic rings. The van der Waals surface area contributed by atoms with Crippen LogP contribution >= 0.6 is 0 Å². The Morgan fingerprint density at radius 1 is 1.19 bits per heavy atom. The normalized spacial score (nSPS) is 20.5. The lowest BCUT2D eigenvalue weighted by Crippen LogP contribution is -2.56. The van der Waals surface area contributed by atoms with Crippen molar-refractivity contribution in [3.63, 3.8) is 0 Å². The van der Waals surface area contributed by atoms with Gasteiger partial charge in [-0.05, 0) is 42.7 Å². The summed E-state index contributed by atoms with van der Waals surface area (Å²) in [5.74, 6) is 0.737. The Morgan fingerprint density at radius 3 is 2.58 bits per heavy atom. The Balaban J connectivity index is 1.74. The molecular weight excluding hydrogens is 390 g/mol. The van der Waals surface area contributed by atoms with Crippen LogP contribution in [0.5, 0.6) is 11.5 Å². The molecule has 2 aromatic carbocycles. The van der Waals surface area contributed by atoms with Gasteiger partial charge in [-0.1, -0.05) is 24.3 Å². The summed E-state index contributed by atoms with van der Waals surface area (Å²) in [7, 11) is 1.56. The van der Waals surface area contributed by atoms with Gasteiger partial charge in [0.15, 0.2) is 11.5 Å². The van der Waals surface area contributed by atoms with Crippen molar-refractivity contribution in [2.45, 2.75) is 51.7 Å². The molecule has 0 aromatic heterocycles. The maximum Gasteiger partial charge on any atom is 0.219 e. The van der Waals surface area contributed by atoms with Crippen LogP contribution in [-0.4, -0.2) is 47.5 Å². The van der Waals surface area contributed by atoms with Gasteiger partial charge in [0.1, 0.15) is 5.66 Å². The lowest BCUT2D eigenvalue weighted by atomic mass is 9.87. The number of aliphatic imine (C=N–C) groups is 1. The number of aryl methyl sites for hydroxylation is 2. The highest BCUT2D eigenvalue weighted by Gasteiger charge is 2.41. The molecule has 4 rings (SSSR count). The molecule has 0 aliphatic carbocycles. The first-order valence-electron chi connectivity index (χ1n) is 10.9. The van der Waals surface area contributed by atoms with Crippen LogP contribution in [0.2, 0.25) is 0 Å². The maximum absolute atomic E-state index is 11.8. The Labute approximate surface area is 183 Å². The van der Waals surface area contributed by atoms with Crippen LogP contribution in [0.15, 0.2) is 41.4 Å². The summed E-state index contributed by atoms with van der Waals surface area (Å²) in [5.41, 5.74) is 4.99. The molecule has 1 spiro atoms. The lowest BCUT2D eigenvalue weighted by Gasteiger charge is -2.45. The zero-order valence-corrected chi connectivity index (χ0v) is 18.7. The highest BCUT2D eigenvalue weighted by atomic mass is 16.5. The molecule has 164 valence electrons. The molecule has 2 aliphatic heterocycles. The van der Waals surface area contributed by atoms with Crippen LogP contribution in [0.4, 0.5) is 0 Å². The van der Waals surface area contributed by atoms with Crippen LogP contribution in [0.25, 0.3) is 0 Å². The topological polar surface area (TPSA) is 74.2 Å². The van der Waals surface area contributed by atoms with Crippen molar-refractivity contribution in [3.8, 4) is 11.5 Å². The molecule has 0 saturated carbocycles. The average Bonchev–Trinajstić information content (AvgIpc) is 2.76. The van der Waals surface area contributed by atoms with Gasteiger partial charge < -0.3 is 14.7 Å². The number of methoxy groups -OCH3 is 1. The fourth-order valence-corrected chi connectivity index (χ4v) is 4.63. The molecule has 0 unspecified atom stereocenters. The number of amides is 1. The molecule has 6 heteroatoms. The molecule has 1 atom stereocenters. The van der Waals surface area contributed by atoms with Gasteiger partial charge in [0.05, 0.1) is 7.11 Å². The summed E-state index contributed by atoms with van der Waals surface area (Å²) in [6.45, 7) is 7.19. The lowest BCUT2D eigenvalue weighted by molar-refractivity contribution is -0.130. The van der Waals surface area contributed by atoms with Crippen molar-refractivity contribution in [2.75, 3.05) is 20.2 Å². The zero-order chi connectivity index (χ0) is 22.2. The fraction of sp³-hybridized carbons (Fsp3) is 0.440. The minimum atomic E-state index is -0.460. The molecule has 2 heterocycles. The monoisotopic (exact) mass is 421 g/mol. The van der Waals surface area contributed by atoms with Crippen LogP contribution in [-0.2, 0) is 4.79 Å². The molecule has 6 nitrogen and oxygen atoms in total. The third kappa shape index (κ3) is 4.17. The summed E-state index contributed by atoms with van der Waals surface area (Å²) in [5, 5.41) is 14.5. The summed E-state index contributed by atoms with van der Waals surface area (Å²) in [4.78, 5) is 18.9. The van der Waals surface area contributed by atoms with Crippen LogP contribution < -0.4 is 10.1 Å². The van der Waals surface area contributed by atoms with Crippen LogP contribution in [0.3, 0.4) is 0 Å². The number of hydrogen-bond acceptors (Lipinski definition) is 5. The van der Waals surface area contributed by atoms with Gasteiger partial charge in [-0.25, -0.2) is 0 Å². The number of phenolic OH excluding ortho intramolecular Hbond substituents is 1. The van der Waals surface area contributed by atoms with E-state index < -0.39 is 5.66 Å². The van der Waals surface area contributed by atoms with Crippen LogP contribution in [0, 0.1) is 13.8 Å². The van der Waals surface area contributed by atoms with Crippen molar-refractivity contribution in [1.82, 2.24) is 10.2 Å². The number of benzene rings is 2. The first kappa shape index (κ1) is 21.4. The van der Waals surface area contributed by atoms with E-state index in [2.05, 4.69) is 37.4 Å². The summed E-state index contributed by atoms with van der Waals surface area (Å²) >= 11 is 0. The Bertz CT molecular complexity index is 1020. The van der Waals surface area contributed by atoms with E-state index in [9.17, 15) is 9.90 Å². The Kier molecular flexibility index (Phi) is 5.75. The van der Waals surface area contributed by atoms with Crippen molar-refractivity contribution in [1.29, 1.82) is 0 Å². The van der Waals surface area contributed by atoms with E-state index in [1.165, 1.54) is 11.1 Å². The number of nitrogens with zero attached hydrogens (tertiary/aromatic N) is 2. The molecule has 31 heavy (non-hydrogen) atoms. The van der Waals surface area contributed by atoms with Gasteiger partial charge >= 0.3 is 0 Å². The number of piperidine rings is 1. The highest BCUT2D eigenvalue weighted by Crippen LogP contribution is 2.40. The molecule has 1 fully saturated rings. The largest absolute Gasteiger partial charge is 0.504 e. The van der Waals surface area contributed by atoms with E-state index in [0.29, 0.717) is 25.3 Å². The number of carbonyl (C=O) groups is 1. The first-order valence-corrected chi connectivity index (χ1v) is 10.9. The van der Waals surface area contributed by atoms with E-state index in [1.807, 2.05) is 17.0 Å². The smallest absolute Gasteiger partial charge is 0.219 e. The predicted octanol–water partition coefficient (Wildman–Crippen LogP) is 3.88. The molecule has 1 amide bonds. The van der Waals surface area contributed by atoms with Crippen molar-refractivity contribution < 1.29 is 14.6 Å². The van der Waals surface area contributed by atoms with Gasteiger partial charge in [0.25, 0.3) is 0 Å². The van der Waals surface area contributed by atoms with Gasteiger partial charge in [-0.3, -0.25) is 15.1 Å². The van der Waals surface area contributed by atoms with E-state index in [1.54, 1.807) is 20.1 Å². The van der Waals surface area contributed by atoms with Crippen LogP contribution in [0.1, 0.15) is 54.5 Å². The standard InChI is InChI=1S/C25H31N3O3/c1-16-8-9-19(14-17(16)2)21-15-22(20-6-5-7-23(31-4)24(20)30)27-25(26-21)10-12-28(13-11-25)18(3)29/h5-9,14,22,27,30H,10-13,15H2,1-4H3/t22-/m0/s1. The average molecular weight is 422 g/mol. The van der Waals surface area contributed by atoms with Gasteiger partial charge in [0, 0.05) is 56.6 Å². The van der Waals surface area contributed by atoms with Crippen molar-refractivity contribution >= 4 is 11.6 Å². The van der Waals surface area contributed by atoms with Gasteiger partial charge in [-0.15, -0.1) is 0 Å². The Morgan fingerprint density at radius 2 is 1.94 bits per heavy atom. The number of aromatic hydroxyl groups is 1. The quantitative estimate of drug-likeness (QED) is 0.789. The predicted molar refractivity (Wildman–Crippen MR) is 122 cm³/mol. The minimum absolute atomic E-state index is 0.103. The third-order valence-corrected chi connectivity index (χ3v) is 6.69. The summed E-state index contributed by atoms with van der Waals surface area (Å²) in [6, 6.07) is 12.0. The molecule has 0 bridgehead atoms. The van der Waals surface area contributed by atoms with E-state index >= 15 is 0 Å². The number of phenols is 1. The van der Waals surface area contributed by atoms with Crippen molar-refractivity contribution in [3.05, 3.63) is 58.7 Å². The number of ether oxygens (including phenoxy) is 1. The van der Waals surface area contributed by atoms with Gasteiger partial charge in [-0.2, -0.15) is 0 Å². The zero-order valence-electron chi connectivity index (χ0n) is 18.7. The fourth-order valence-electron chi connectivity index (χ4n) is 4.63. The first-order chi connectivity index (χ1) is 14.8. The number of hydrogen-bond donors (Lipinski definition) is 2. The second kappa shape index (κ2) is 8.35. The van der Waals surface area contributed by atoms with Gasteiger partial charge in [0.2, 0.25) is 5.91 Å². The van der Waals surface area contributed by atoms with Crippen molar-refractivity contribution in [2.24, 2.45) is 4.99 Å². The number of nitrogens with one attached hydrogen (secondary N) is 1. The number of rotatable bonds is 3. The molecule has 1 saturated heterocycles. The minimum Gasteiger partial charge on any atom is -0.504 e. The number of carbonyl (C=O) groups excluding carboxylic acids is 1. The number of likely N-dealkylation sites (tertiary alicyclic amines) is 1. The Hall–Kier alpha value is -2.86. The maximum atomic E-state index is 11.8. The van der Waals surface area contributed by atoms with E-state index in [0.717, 1.165) is 29.7 Å².